The Bertz CT molecular complexity index is 932. The second-order valence-corrected chi connectivity index (χ2v) is 8.48. The Morgan fingerprint density at radius 3 is 2.00 bits per heavy atom. The highest BCUT2D eigenvalue weighted by Crippen LogP contribution is 2.43. The van der Waals surface area contributed by atoms with Crippen molar-refractivity contribution in [3.8, 4) is 22.3 Å². The van der Waals surface area contributed by atoms with Crippen LogP contribution in [-0.4, -0.2) is 0 Å². The summed E-state index contributed by atoms with van der Waals surface area (Å²) in [7, 11) is 0. The van der Waals surface area contributed by atoms with Gasteiger partial charge in [-0.15, -0.1) is 0 Å². The summed E-state index contributed by atoms with van der Waals surface area (Å²) in [4.78, 5) is 0. The van der Waals surface area contributed by atoms with Gasteiger partial charge in [-0.25, -0.2) is 0 Å². The minimum Gasteiger partial charge on any atom is -0.0617 e. The van der Waals surface area contributed by atoms with Gasteiger partial charge in [-0.2, -0.15) is 0 Å². The van der Waals surface area contributed by atoms with E-state index in [0.29, 0.717) is 0 Å². The van der Waals surface area contributed by atoms with Crippen LogP contribution in [0.25, 0.3) is 22.3 Å². The maximum atomic E-state index is 3.59. The normalized spacial score (nSPS) is 11.7. The molecule has 0 aliphatic heterocycles. The minimum absolute atomic E-state index is 0.0611. The summed E-state index contributed by atoms with van der Waals surface area (Å²) < 4.78 is 0. The Balaban J connectivity index is 2.46. The van der Waals surface area contributed by atoms with Gasteiger partial charge >= 0.3 is 0 Å². The summed E-state index contributed by atoms with van der Waals surface area (Å²) in [5.41, 5.74) is 11.9. The first-order chi connectivity index (χ1) is 12.2. The zero-order valence-electron chi connectivity index (χ0n) is 17.1. The van der Waals surface area contributed by atoms with Crippen LogP contribution in [0.4, 0.5) is 0 Å². The molecule has 26 heavy (non-hydrogen) atoms. The molecule has 0 heteroatoms. The van der Waals surface area contributed by atoms with Crippen LogP contribution in [0.1, 0.15) is 48.6 Å². The number of benzene rings is 3. The van der Waals surface area contributed by atoms with Crippen LogP contribution < -0.4 is 0 Å². The zero-order chi connectivity index (χ0) is 19.1. The lowest BCUT2D eigenvalue weighted by Crippen LogP contribution is -2.14. The van der Waals surface area contributed by atoms with E-state index in [1.165, 1.54) is 50.1 Å². The second-order valence-electron chi connectivity index (χ2n) is 8.48. The third kappa shape index (κ3) is 3.33. The standard InChI is InChI=1S/C26H29/c1-17-14-15-18(2)22(16-17)21-12-9-13-23(26(5,6)7)25(21)24-19(3)10-8-11-20(24)4/h8-11,13-16H,1-7H3. The molecule has 0 saturated heterocycles. The number of hydrogen-bond donors (Lipinski definition) is 0. The van der Waals surface area contributed by atoms with Gasteiger partial charge in [0.25, 0.3) is 0 Å². The van der Waals surface area contributed by atoms with Gasteiger partial charge in [0.05, 0.1) is 0 Å². The molecule has 0 fully saturated rings. The highest BCUT2D eigenvalue weighted by molar-refractivity contribution is 5.89. The van der Waals surface area contributed by atoms with Gasteiger partial charge in [0, 0.05) is 0 Å². The molecule has 0 aliphatic carbocycles. The number of hydrogen-bond acceptors (Lipinski definition) is 0. The number of aryl methyl sites for hydroxylation is 4. The van der Waals surface area contributed by atoms with Gasteiger partial charge in [0.2, 0.25) is 0 Å². The summed E-state index contributed by atoms with van der Waals surface area (Å²) >= 11 is 0. The molecule has 0 bridgehead atoms. The molecule has 0 nitrogen and oxygen atoms in total. The van der Waals surface area contributed by atoms with Crippen molar-refractivity contribution < 1.29 is 0 Å². The van der Waals surface area contributed by atoms with Gasteiger partial charge < -0.3 is 0 Å². The maximum Gasteiger partial charge on any atom is -0.00207 e. The third-order valence-corrected chi connectivity index (χ3v) is 5.20. The van der Waals surface area contributed by atoms with Crippen LogP contribution in [0, 0.1) is 33.8 Å². The highest BCUT2D eigenvalue weighted by Gasteiger charge is 2.24. The molecule has 0 amide bonds. The van der Waals surface area contributed by atoms with Gasteiger partial charge in [-0.05, 0) is 83.7 Å². The fourth-order valence-electron chi connectivity index (χ4n) is 3.81. The monoisotopic (exact) mass is 341 g/mol. The molecular formula is C26H29. The molecule has 0 aliphatic rings. The van der Waals surface area contributed by atoms with Crippen LogP contribution in [0.5, 0.6) is 0 Å². The molecule has 3 rings (SSSR count). The van der Waals surface area contributed by atoms with Crippen molar-refractivity contribution in [1.82, 2.24) is 0 Å². The minimum atomic E-state index is 0.0611. The molecule has 0 saturated carbocycles. The molecule has 0 N–H and O–H groups in total. The summed E-state index contributed by atoms with van der Waals surface area (Å²) in [6, 6.07) is 21.2. The SMILES string of the molecule is Cc1ccc(C)c(-c2[c]ccc(C(C)(C)C)c2-c2c(C)cccc2C)c1. The summed E-state index contributed by atoms with van der Waals surface area (Å²) in [5.74, 6) is 0. The molecule has 133 valence electrons. The van der Waals surface area contributed by atoms with Crippen molar-refractivity contribution in [2.24, 2.45) is 0 Å². The molecule has 0 atom stereocenters. The zero-order valence-corrected chi connectivity index (χ0v) is 17.1. The van der Waals surface area contributed by atoms with Gasteiger partial charge in [0.1, 0.15) is 0 Å². The maximum absolute atomic E-state index is 3.59. The van der Waals surface area contributed by atoms with Crippen LogP contribution in [0.15, 0.2) is 48.5 Å². The van der Waals surface area contributed by atoms with Crippen molar-refractivity contribution >= 4 is 0 Å². The fourth-order valence-corrected chi connectivity index (χ4v) is 3.81. The van der Waals surface area contributed by atoms with E-state index in [2.05, 4.69) is 103 Å². The Labute approximate surface area is 158 Å². The molecule has 3 aromatic rings. The van der Waals surface area contributed by atoms with Crippen LogP contribution in [0.2, 0.25) is 0 Å². The van der Waals surface area contributed by atoms with Crippen LogP contribution >= 0.6 is 0 Å². The van der Waals surface area contributed by atoms with E-state index in [1.807, 2.05) is 0 Å². The topological polar surface area (TPSA) is 0 Å². The lowest BCUT2D eigenvalue weighted by atomic mass is 9.76. The Kier molecular flexibility index (Phi) is 4.80. The van der Waals surface area contributed by atoms with Crippen molar-refractivity contribution in [1.29, 1.82) is 0 Å². The van der Waals surface area contributed by atoms with E-state index in [-0.39, 0.29) is 5.41 Å². The van der Waals surface area contributed by atoms with Gasteiger partial charge in [-0.1, -0.05) is 74.9 Å². The van der Waals surface area contributed by atoms with E-state index >= 15 is 0 Å². The second kappa shape index (κ2) is 6.76. The Morgan fingerprint density at radius 2 is 1.38 bits per heavy atom. The average molecular weight is 342 g/mol. The van der Waals surface area contributed by atoms with Gasteiger partial charge in [0.15, 0.2) is 0 Å². The molecule has 0 heterocycles. The first kappa shape index (κ1) is 18.5. The summed E-state index contributed by atoms with van der Waals surface area (Å²) in [5, 5.41) is 0. The summed E-state index contributed by atoms with van der Waals surface area (Å²) in [6.45, 7) is 15.7. The Morgan fingerprint density at radius 1 is 0.731 bits per heavy atom. The highest BCUT2D eigenvalue weighted by atomic mass is 14.3. The molecule has 0 aromatic heterocycles. The van der Waals surface area contributed by atoms with Crippen LogP contribution in [-0.2, 0) is 5.41 Å². The molecular weight excluding hydrogens is 312 g/mol. The first-order valence-electron chi connectivity index (χ1n) is 9.39. The lowest BCUT2D eigenvalue weighted by molar-refractivity contribution is 0.592. The van der Waals surface area contributed by atoms with Crippen molar-refractivity contribution in [3.63, 3.8) is 0 Å². The fraction of sp³-hybridized carbons (Fsp3) is 0.308. The van der Waals surface area contributed by atoms with E-state index in [0.717, 1.165) is 0 Å². The quantitative estimate of drug-likeness (QED) is 0.457. The van der Waals surface area contributed by atoms with Crippen molar-refractivity contribution in [3.05, 3.63) is 82.4 Å². The van der Waals surface area contributed by atoms with Crippen LogP contribution in [0.3, 0.4) is 0 Å². The van der Waals surface area contributed by atoms with E-state index in [1.54, 1.807) is 0 Å². The van der Waals surface area contributed by atoms with E-state index in [4.69, 9.17) is 0 Å². The summed E-state index contributed by atoms with van der Waals surface area (Å²) in [6.07, 6.45) is 0. The molecule has 1 radical (unpaired) electrons. The molecule has 0 unspecified atom stereocenters. The van der Waals surface area contributed by atoms with E-state index < -0.39 is 0 Å². The predicted octanol–water partition coefficient (Wildman–Crippen LogP) is 7.35. The first-order valence-corrected chi connectivity index (χ1v) is 9.39. The molecule has 0 spiro atoms. The van der Waals surface area contributed by atoms with E-state index in [9.17, 15) is 0 Å². The lowest BCUT2D eigenvalue weighted by Gasteiger charge is -2.27. The van der Waals surface area contributed by atoms with Gasteiger partial charge in [-0.3, -0.25) is 0 Å². The average Bonchev–Trinajstić information content (AvgIpc) is 2.56. The predicted molar refractivity (Wildman–Crippen MR) is 114 cm³/mol. The molecule has 3 aromatic carbocycles. The third-order valence-electron chi connectivity index (χ3n) is 5.20. The smallest absolute Gasteiger partial charge is 0.00207 e. The van der Waals surface area contributed by atoms with Crippen molar-refractivity contribution in [2.75, 3.05) is 0 Å². The Hall–Kier alpha value is -2.34. The number of rotatable bonds is 2. The van der Waals surface area contributed by atoms with Crippen molar-refractivity contribution in [2.45, 2.75) is 53.9 Å². The largest absolute Gasteiger partial charge is 0.0617 e.